The molecule has 0 bridgehead atoms. The summed E-state index contributed by atoms with van der Waals surface area (Å²) in [5.41, 5.74) is 0.389. The molecule has 5 heteroatoms. The van der Waals surface area contributed by atoms with Gasteiger partial charge >= 0.3 is 11.9 Å². The van der Waals surface area contributed by atoms with Crippen LogP contribution in [0.25, 0.3) is 0 Å². The molecule has 0 atom stereocenters. The van der Waals surface area contributed by atoms with Crippen LogP contribution in [-0.4, -0.2) is 18.5 Å². The minimum atomic E-state index is -0.588. The number of benzene rings is 1. The van der Waals surface area contributed by atoms with Gasteiger partial charge in [-0.3, -0.25) is 0 Å². The van der Waals surface area contributed by atoms with E-state index < -0.39 is 11.9 Å². The predicted molar refractivity (Wildman–Crippen MR) is 74.8 cm³/mol. The summed E-state index contributed by atoms with van der Waals surface area (Å²) in [6, 6.07) is 9.83. The number of carbonyl (C=O) groups excluding carboxylic acids is 2. The summed E-state index contributed by atoms with van der Waals surface area (Å²) in [6.07, 6.45) is 2.22. The Bertz CT molecular complexity index is 601. The molecule has 110 valence electrons. The van der Waals surface area contributed by atoms with Crippen LogP contribution in [0.3, 0.4) is 0 Å². The molecule has 1 aromatic carbocycles. The second-order valence-electron chi connectivity index (χ2n) is 4.34. The van der Waals surface area contributed by atoms with Crippen LogP contribution in [-0.2, 0) is 16.1 Å². The van der Waals surface area contributed by atoms with Crippen molar-refractivity contribution >= 4 is 11.9 Å². The van der Waals surface area contributed by atoms with E-state index in [9.17, 15) is 9.59 Å². The first-order valence-corrected chi connectivity index (χ1v) is 6.68. The molecule has 2 rings (SSSR count). The standard InChI is InChI=1S/C16H16O5/c1-2-9-20-15(17)13-7-3-4-8-14(13)16(18)21-11-12-6-5-10-19-12/h3-8,10H,2,9,11H2,1H3. The molecule has 0 radical (unpaired) electrons. The minimum absolute atomic E-state index is 0.0180. The summed E-state index contributed by atoms with van der Waals surface area (Å²) >= 11 is 0. The molecule has 21 heavy (non-hydrogen) atoms. The maximum absolute atomic E-state index is 12.1. The Kier molecular flexibility index (Phi) is 5.15. The Morgan fingerprint density at radius 1 is 1.00 bits per heavy atom. The van der Waals surface area contributed by atoms with Gasteiger partial charge in [-0.2, -0.15) is 0 Å². The predicted octanol–water partition coefficient (Wildman–Crippen LogP) is 3.20. The fourth-order valence-corrected chi connectivity index (χ4v) is 1.72. The monoisotopic (exact) mass is 288 g/mol. The summed E-state index contributed by atoms with van der Waals surface area (Å²) in [4.78, 5) is 24.0. The van der Waals surface area contributed by atoms with Crippen LogP contribution in [0, 0.1) is 0 Å². The van der Waals surface area contributed by atoms with Crippen molar-refractivity contribution in [2.24, 2.45) is 0 Å². The number of ether oxygens (including phenoxy) is 2. The fraction of sp³-hybridized carbons (Fsp3) is 0.250. The third kappa shape index (κ3) is 3.95. The van der Waals surface area contributed by atoms with E-state index in [1.165, 1.54) is 12.3 Å². The van der Waals surface area contributed by atoms with E-state index in [0.717, 1.165) is 6.42 Å². The topological polar surface area (TPSA) is 65.7 Å². The van der Waals surface area contributed by atoms with Gasteiger partial charge in [0.2, 0.25) is 0 Å². The second-order valence-corrected chi connectivity index (χ2v) is 4.34. The van der Waals surface area contributed by atoms with Crippen LogP contribution in [0.15, 0.2) is 47.1 Å². The molecule has 2 aromatic rings. The van der Waals surface area contributed by atoms with E-state index in [4.69, 9.17) is 13.9 Å². The quantitative estimate of drug-likeness (QED) is 0.764. The van der Waals surface area contributed by atoms with Crippen molar-refractivity contribution in [3.8, 4) is 0 Å². The summed E-state index contributed by atoms with van der Waals surface area (Å²) in [6.45, 7) is 2.23. The summed E-state index contributed by atoms with van der Waals surface area (Å²) in [7, 11) is 0. The van der Waals surface area contributed by atoms with E-state index >= 15 is 0 Å². The van der Waals surface area contributed by atoms with Crippen molar-refractivity contribution in [1.82, 2.24) is 0 Å². The zero-order chi connectivity index (χ0) is 15.1. The van der Waals surface area contributed by atoms with Gasteiger partial charge in [0, 0.05) is 0 Å². The Hall–Kier alpha value is -2.56. The van der Waals surface area contributed by atoms with E-state index in [1.807, 2.05) is 6.92 Å². The zero-order valence-corrected chi connectivity index (χ0v) is 11.7. The van der Waals surface area contributed by atoms with E-state index in [0.29, 0.717) is 12.4 Å². The van der Waals surface area contributed by atoms with Gasteiger partial charge in [-0.05, 0) is 30.7 Å². The van der Waals surface area contributed by atoms with Crippen LogP contribution in [0.1, 0.15) is 39.8 Å². The largest absolute Gasteiger partial charge is 0.466 e. The van der Waals surface area contributed by atoms with Crippen molar-refractivity contribution in [1.29, 1.82) is 0 Å². The molecule has 1 aromatic heterocycles. The number of hydrogen-bond donors (Lipinski definition) is 0. The average Bonchev–Trinajstić information content (AvgIpc) is 3.03. The SMILES string of the molecule is CCCOC(=O)c1ccccc1C(=O)OCc1ccco1. The molecule has 0 saturated carbocycles. The normalized spacial score (nSPS) is 10.1. The van der Waals surface area contributed by atoms with Crippen molar-refractivity contribution in [2.45, 2.75) is 20.0 Å². The Labute approximate surface area is 122 Å². The zero-order valence-electron chi connectivity index (χ0n) is 11.7. The van der Waals surface area contributed by atoms with Crippen molar-refractivity contribution in [2.75, 3.05) is 6.61 Å². The molecule has 0 aliphatic heterocycles. The number of furan rings is 1. The molecule has 0 spiro atoms. The minimum Gasteiger partial charge on any atom is -0.466 e. The lowest BCUT2D eigenvalue weighted by atomic mass is 10.1. The summed E-state index contributed by atoms with van der Waals surface area (Å²) in [5.74, 6) is -0.577. The number of carbonyl (C=O) groups is 2. The smallest absolute Gasteiger partial charge is 0.339 e. The maximum atomic E-state index is 12.1. The third-order valence-corrected chi connectivity index (χ3v) is 2.73. The highest BCUT2D eigenvalue weighted by molar-refractivity contribution is 6.03. The highest BCUT2D eigenvalue weighted by Crippen LogP contribution is 2.13. The van der Waals surface area contributed by atoms with Gasteiger partial charge in [0.25, 0.3) is 0 Å². The maximum Gasteiger partial charge on any atom is 0.339 e. The molecule has 1 heterocycles. The van der Waals surface area contributed by atoms with Gasteiger partial charge in [-0.15, -0.1) is 0 Å². The van der Waals surface area contributed by atoms with Gasteiger partial charge in [0.1, 0.15) is 12.4 Å². The average molecular weight is 288 g/mol. The molecular weight excluding hydrogens is 272 g/mol. The Balaban J connectivity index is 2.07. The van der Waals surface area contributed by atoms with Crippen LogP contribution in [0.5, 0.6) is 0 Å². The second kappa shape index (κ2) is 7.28. The first-order chi connectivity index (χ1) is 10.2. The molecule has 0 unspecified atom stereocenters. The van der Waals surface area contributed by atoms with Crippen LogP contribution in [0.4, 0.5) is 0 Å². The highest BCUT2D eigenvalue weighted by Gasteiger charge is 2.19. The lowest BCUT2D eigenvalue weighted by Gasteiger charge is -2.08. The van der Waals surface area contributed by atoms with E-state index in [-0.39, 0.29) is 17.7 Å². The lowest BCUT2D eigenvalue weighted by Crippen LogP contribution is -2.14. The summed E-state index contributed by atoms with van der Waals surface area (Å²) in [5, 5.41) is 0. The highest BCUT2D eigenvalue weighted by atomic mass is 16.5. The number of hydrogen-bond acceptors (Lipinski definition) is 5. The van der Waals surface area contributed by atoms with Gasteiger partial charge in [-0.1, -0.05) is 19.1 Å². The Morgan fingerprint density at radius 3 is 2.24 bits per heavy atom. The third-order valence-electron chi connectivity index (χ3n) is 2.73. The Morgan fingerprint density at radius 2 is 1.67 bits per heavy atom. The van der Waals surface area contributed by atoms with Crippen molar-refractivity contribution in [3.05, 3.63) is 59.5 Å². The fourth-order valence-electron chi connectivity index (χ4n) is 1.72. The first kappa shape index (κ1) is 14.8. The van der Waals surface area contributed by atoms with Crippen molar-refractivity contribution in [3.63, 3.8) is 0 Å². The number of esters is 2. The van der Waals surface area contributed by atoms with Gasteiger partial charge < -0.3 is 13.9 Å². The summed E-state index contributed by atoms with van der Waals surface area (Å²) < 4.78 is 15.3. The van der Waals surface area contributed by atoms with E-state index in [1.54, 1.807) is 30.3 Å². The van der Waals surface area contributed by atoms with Crippen LogP contribution < -0.4 is 0 Å². The van der Waals surface area contributed by atoms with Crippen molar-refractivity contribution < 1.29 is 23.5 Å². The molecular formula is C16H16O5. The molecule has 0 aliphatic carbocycles. The van der Waals surface area contributed by atoms with Gasteiger partial charge in [0.05, 0.1) is 24.0 Å². The molecule has 0 aliphatic rings. The van der Waals surface area contributed by atoms with Crippen LogP contribution in [0.2, 0.25) is 0 Å². The van der Waals surface area contributed by atoms with E-state index in [2.05, 4.69) is 0 Å². The molecule has 0 saturated heterocycles. The van der Waals surface area contributed by atoms with Gasteiger partial charge in [0.15, 0.2) is 0 Å². The molecule has 0 fully saturated rings. The lowest BCUT2D eigenvalue weighted by molar-refractivity contribution is 0.0420. The number of rotatable bonds is 6. The molecule has 5 nitrogen and oxygen atoms in total. The van der Waals surface area contributed by atoms with Gasteiger partial charge in [-0.25, -0.2) is 9.59 Å². The van der Waals surface area contributed by atoms with Crippen LogP contribution >= 0.6 is 0 Å². The molecule has 0 N–H and O–H groups in total. The molecule has 0 amide bonds. The first-order valence-electron chi connectivity index (χ1n) is 6.68.